The smallest absolute Gasteiger partial charge is 0.159 e. The van der Waals surface area contributed by atoms with E-state index in [0.717, 1.165) is 54.0 Å². The molecular weight excluding hydrogens is 298 g/mol. The zero-order chi connectivity index (χ0) is 16.4. The van der Waals surface area contributed by atoms with E-state index in [1.54, 1.807) is 0 Å². The van der Waals surface area contributed by atoms with Crippen molar-refractivity contribution in [3.63, 3.8) is 0 Å². The summed E-state index contributed by atoms with van der Waals surface area (Å²) in [5, 5.41) is 23.6. The van der Waals surface area contributed by atoms with Gasteiger partial charge in [-0.2, -0.15) is 5.26 Å². The maximum absolute atomic E-state index is 8.96. The van der Waals surface area contributed by atoms with Gasteiger partial charge in [-0.1, -0.05) is 36.4 Å². The molecule has 4 rings (SSSR count). The van der Waals surface area contributed by atoms with E-state index >= 15 is 0 Å². The standard InChI is InChI=1S/C19H17N5/c20-13-14-5-7-15(8-6-14)18-16-3-1-2-4-17(16)19(23-22-18)24-11-9-21-10-12-24/h1-8,21H,9-12H2. The number of rotatable bonds is 2. The summed E-state index contributed by atoms with van der Waals surface area (Å²) in [5.41, 5.74) is 2.48. The number of aromatic nitrogens is 2. The maximum Gasteiger partial charge on any atom is 0.159 e. The third kappa shape index (κ3) is 2.57. The highest BCUT2D eigenvalue weighted by atomic mass is 15.3. The van der Waals surface area contributed by atoms with Gasteiger partial charge in [-0.05, 0) is 12.1 Å². The molecule has 1 aliphatic rings. The Morgan fingerprint density at radius 1 is 0.917 bits per heavy atom. The van der Waals surface area contributed by atoms with Crippen molar-refractivity contribution in [3.05, 3.63) is 54.1 Å². The molecule has 2 aromatic carbocycles. The molecule has 118 valence electrons. The molecule has 1 fully saturated rings. The van der Waals surface area contributed by atoms with E-state index in [1.165, 1.54) is 0 Å². The van der Waals surface area contributed by atoms with Gasteiger partial charge < -0.3 is 10.2 Å². The Kier molecular flexibility index (Phi) is 3.81. The number of nitriles is 1. The van der Waals surface area contributed by atoms with E-state index < -0.39 is 0 Å². The van der Waals surface area contributed by atoms with Gasteiger partial charge in [0.2, 0.25) is 0 Å². The van der Waals surface area contributed by atoms with Crippen molar-refractivity contribution in [2.45, 2.75) is 0 Å². The van der Waals surface area contributed by atoms with Crippen LogP contribution in [0.5, 0.6) is 0 Å². The van der Waals surface area contributed by atoms with Crippen LogP contribution in [0.15, 0.2) is 48.5 Å². The molecule has 0 unspecified atom stereocenters. The molecule has 0 saturated carbocycles. The molecule has 1 aromatic heterocycles. The van der Waals surface area contributed by atoms with E-state index in [2.05, 4.69) is 38.6 Å². The molecule has 0 amide bonds. The zero-order valence-corrected chi connectivity index (χ0v) is 13.2. The van der Waals surface area contributed by atoms with Crippen LogP contribution in [-0.4, -0.2) is 36.4 Å². The number of benzene rings is 2. The molecule has 1 saturated heterocycles. The molecule has 5 nitrogen and oxygen atoms in total. The number of hydrogen-bond donors (Lipinski definition) is 1. The lowest BCUT2D eigenvalue weighted by Gasteiger charge is -2.29. The molecular formula is C19H17N5. The maximum atomic E-state index is 8.96. The summed E-state index contributed by atoms with van der Waals surface area (Å²) in [7, 11) is 0. The first-order valence-electron chi connectivity index (χ1n) is 8.08. The van der Waals surface area contributed by atoms with Crippen molar-refractivity contribution in [2.75, 3.05) is 31.1 Å². The summed E-state index contributed by atoms with van der Waals surface area (Å²) in [6.07, 6.45) is 0. The molecule has 2 heterocycles. The van der Waals surface area contributed by atoms with E-state index in [0.29, 0.717) is 5.56 Å². The van der Waals surface area contributed by atoms with Crippen LogP contribution in [0.4, 0.5) is 5.82 Å². The van der Waals surface area contributed by atoms with Crippen LogP contribution in [-0.2, 0) is 0 Å². The largest absolute Gasteiger partial charge is 0.352 e. The van der Waals surface area contributed by atoms with Crippen LogP contribution in [0.25, 0.3) is 22.0 Å². The van der Waals surface area contributed by atoms with Crippen molar-refractivity contribution >= 4 is 16.6 Å². The normalized spacial score (nSPS) is 14.5. The van der Waals surface area contributed by atoms with Gasteiger partial charge in [0.1, 0.15) is 5.69 Å². The van der Waals surface area contributed by atoms with Crippen molar-refractivity contribution < 1.29 is 0 Å². The third-order valence-corrected chi connectivity index (χ3v) is 4.37. The van der Waals surface area contributed by atoms with Crippen LogP contribution < -0.4 is 10.2 Å². The molecule has 5 heteroatoms. The van der Waals surface area contributed by atoms with Gasteiger partial charge in [0.15, 0.2) is 5.82 Å². The summed E-state index contributed by atoms with van der Waals surface area (Å²) in [4.78, 5) is 2.29. The van der Waals surface area contributed by atoms with Crippen molar-refractivity contribution in [1.82, 2.24) is 15.5 Å². The Hall–Kier alpha value is -2.97. The summed E-state index contributed by atoms with van der Waals surface area (Å²) in [6, 6.07) is 17.9. The lowest BCUT2D eigenvalue weighted by atomic mass is 10.0. The fourth-order valence-corrected chi connectivity index (χ4v) is 3.12. The van der Waals surface area contributed by atoms with E-state index in [4.69, 9.17) is 5.26 Å². The fourth-order valence-electron chi connectivity index (χ4n) is 3.12. The monoisotopic (exact) mass is 315 g/mol. The number of nitrogens with zero attached hydrogens (tertiary/aromatic N) is 4. The molecule has 0 bridgehead atoms. The predicted octanol–water partition coefficient (Wildman–Crippen LogP) is 2.58. The predicted molar refractivity (Wildman–Crippen MR) is 94.8 cm³/mol. The molecule has 0 aliphatic carbocycles. The van der Waals surface area contributed by atoms with Gasteiger partial charge in [-0.15, -0.1) is 10.2 Å². The van der Waals surface area contributed by atoms with Crippen molar-refractivity contribution in [1.29, 1.82) is 5.26 Å². The van der Waals surface area contributed by atoms with E-state index in [9.17, 15) is 0 Å². The topological polar surface area (TPSA) is 64.8 Å². The number of fused-ring (bicyclic) bond motifs is 1. The van der Waals surface area contributed by atoms with Crippen LogP contribution in [0.3, 0.4) is 0 Å². The first-order chi connectivity index (χ1) is 11.9. The average molecular weight is 315 g/mol. The van der Waals surface area contributed by atoms with Crippen molar-refractivity contribution in [2.24, 2.45) is 0 Å². The van der Waals surface area contributed by atoms with Gasteiger partial charge >= 0.3 is 0 Å². The van der Waals surface area contributed by atoms with Crippen LogP contribution >= 0.6 is 0 Å². The summed E-state index contributed by atoms with van der Waals surface area (Å²) in [5.74, 6) is 0.949. The van der Waals surface area contributed by atoms with Gasteiger partial charge in [0.05, 0.1) is 11.6 Å². The second-order valence-electron chi connectivity index (χ2n) is 5.84. The fraction of sp³-hybridized carbons (Fsp3) is 0.211. The first kappa shape index (κ1) is 14.6. The highest BCUT2D eigenvalue weighted by Gasteiger charge is 2.17. The molecule has 24 heavy (non-hydrogen) atoms. The molecule has 1 N–H and O–H groups in total. The molecule has 0 atom stereocenters. The minimum atomic E-state index is 0.647. The third-order valence-electron chi connectivity index (χ3n) is 4.37. The number of piperazine rings is 1. The zero-order valence-electron chi connectivity index (χ0n) is 13.2. The second-order valence-corrected chi connectivity index (χ2v) is 5.84. The highest BCUT2D eigenvalue weighted by Crippen LogP contribution is 2.31. The number of anilines is 1. The van der Waals surface area contributed by atoms with Gasteiger partial charge in [-0.25, -0.2) is 0 Å². The lowest BCUT2D eigenvalue weighted by molar-refractivity contribution is 0.584. The second kappa shape index (κ2) is 6.26. The van der Waals surface area contributed by atoms with Gasteiger partial charge in [0.25, 0.3) is 0 Å². The Labute approximate surface area is 140 Å². The van der Waals surface area contributed by atoms with Crippen LogP contribution in [0.1, 0.15) is 5.56 Å². The van der Waals surface area contributed by atoms with Crippen LogP contribution in [0, 0.1) is 11.3 Å². The summed E-state index contributed by atoms with van der Waals surface area (Å²) in [6.45, 7) is 3.81. The molecule has 0 radical (unpaired) electrons. The highest BCUT2D eigenvalue weighted by molar-refractivity contribution is 6.00. The van der Waals surface area contributed by atoms with Crippen LogP contribution in [0.2, 0.25) is 0 Å². The Balaban J connectivity index is 1.84. The van der Waals surface area contributed by atoms with Crippen molar-refractivity contribution in [3.8, 4) is 17.3 Å². The first-order valence-corrected chi connectivity index (χ1v) is 8.08. The Bertz CT molecular complexity index is 905. The molecule has 1 aliphatic heterocycles. The summed E-state index contributed by atoms with van der Waals surface area (Å²) >= 11 is 0. The average Bonchev–Trinajstić information content (AvgIpc) is 2.68. The van der Waals surface area contributed by atoms with E-state index in [1.807, 2.05) is 36.4 Å². The molecule has 0 spiro atoms. The quantitative estimate of drug-likeness (QED) is 0.787. The van der Waals surface area contributed by atoms with Gasteiger partial charge in [-0.3, -0.25) is 0 Å². The Morgan fingerprint density at radius 2 is 1.62 bits per heavy atom. The summed E-state index contributed by atoms with van der Waals surface area (Å²) < 4.78 is 0. The number of hydrogen-bond acceptors (Lipinski definition) is 5. The van der Waals surface area contributed by atoms with Gasteiger partial charge in [0, 0.05) is 42.5 Å². The Morgan fingerprint density at radius 3 is 2.33 bits per heavy atom. The van der Waals surface area contributed by atoms with E-state index in [-0.39, 0.29) is 0 Å². The SMILES string of the molecule is N#Cc1ccc(-c2nnc(N3CCNCC3)c3ccccc23)cc1. The minimum absolute atomic E-state index is 0.647. The molecule has 3 aromatic rings. The minimum Gasteiger partial charge on any atom is -0.352 e. The number of nitrogens with one attached hydrogen (secondary N) is 1. The lowest BCUT2D eigenvalue weighted by Crippen LogP contribution is -2.44.